The van der Waals surface area contributed by atoms with E-state index in [1.807, 2.05) is 13.8 Å². The fourth-order valence-corrected chi connectivity index (χ4v) is 1.42. The lowest BCUT2D eigenvalue weighted by Crippen LogP contribution is -2.26. The molecule has 1 aromatic rings. The highest BCUT2D eigenvalue weighted by atomic mass is 19.2. The molecule has 0 N–H and O–H groups in total. The highest BCUT2D eigenvalue weighted by Gasteiger charge is 2.16. The van der Waals surface area contributed by atoms with Crippen molar-refractivity contribution in [3.05, 3.63) is 23.6 Å². The van der Waals surface area contributed by atoms with Gasteiger partial charge in [0, 0.05) is 19.2 Å². The topological polar surface area (TPSA) is 16.1 Å². The van der Waals surface area contributed by atoms with E-state index >= 15 is 0 Å². The van der Waals surface area contributed by atoms with Crippen LogP contribution in [0.4, 0.5) is 19.0 Å². The third kappa shape index (κ3) is 2.87. The lowest BCUT2D eigenvalue weighted by atomic mass is 10.3. The molecule has 0 radical (unpaired) electrons. The second-order valence-corrected chi connectivity index (χ2v) is 3.50. The van der Waals surface area contributed by atoms with Gasteiger partial charge in [-0.15, -0.1) is 0 Å². The van der Waals surface area contributed by atoms with Crippen LogP contribution in [0.1, 0.15) is 26.7 Å². The Kier molecular flexibility index (Phi) is 4.58. The first-order valence-corrected chi connectivity index (χ1v) is 5.36. The Morgan fingerprint density at radius 3 is 2.44 bits per heavy atom. The molecule has 1 rings (SSSR count). The molecule has 1 aromatic heterocycles. The molecule has 2 nitrogen and oxygen atoms in total. The van der Waals surface area contributed by atoms with Crippen molar-refractivity contribution in [2.45, 2.75) is 26.7 Å². The van der Waals surface area contributed by atoms with Gasteiger partial charge >= 0.3 is 0 Å². The van der Waals surface area contributed by atoms with Crippen LogP contribution in [-0.4, -0.2) is 18.1 Å². The van der Waals surface area contributed by atoms with E-state index in [9.17, 15) is 13.2 Å². The summed E-state index contributed by atoms with van der Waals surface area (Å²) in [4.78, 5) is 4.90. The lowest BCUT2D eigenvalue weighted by Gasteiger charge is -2.22. The van der Waals surface area contributed by atoms with Gasteiger partial charge in [-0.1, -0.05) is 13.3 Å². The van der Waals surface area contributed by atoms with Gasteiger partial charge < -0.3 is 4.90 Å². The number of pyridine rings is 1. The smallest absolute Gasteiger partial charge is 0.251 e. The monoisotopic (exact) mass is 232 g/mol. The molecule has 0 aliphatic rings. The number of hydrogen-bond donors (Lipinski definition) is 0. The maximum atomic E-state index is 13.4. The van der Waals surface area contributed by atoms with E-state index < -0.39 is 17.6 Å². The van der Waals surface area contributed by atoms with Crippen LogP contribution in [0.15, 0.2) is 6.07 Å². The molecule has 0 fully saturated rings. The van der Waals surface area contributed by atoms with E-state index in [0.29, 0.717) is 19.2 Å². The molecule has 0 unspecified atom stereocenters. The number of nitrogens with zero attached hydrogens (tertiary/aromatic N) is 2. The van der Waals surface area contributed by atoms with Crippen molar-refractivity contribution in [1.82, 2.24) is 4.98 Å². The molecule has 0 saturated carbocycles. The maximum absolute atomic E-state index is 13.4. The Balaban J connectivity index is 2.95. The molecule has 90 valence electrons. The summed E-state index contributed by atoms with van der Waals surface area (Å²) in [6.45, 7) is 4.91. The Bertz CT molecular complexity index is 355. The van der Waals surface area contributed by atoms with Gasteiger partial charge in [0.2, 0.25) is 0 Å². The van der Waals surface area contributed by atoms with Gasteiger partial charge in [-0.25, -0.2) is 8.78 Å². The van der Waals surface area contributed by atoms with Crippen LogP contribution in [0.2, 0.25) is 0 Å². The van der Waals surface area contributed by atoms with E-state index in [2.05, 4.69) is 4.98 Å². The first-order chi connectivity index (χ1) is 7.60. The summed E-state index contributed by atoms with van der Waals surface area (Å²) in [6, 6.07) is 0.534. The summed E-state index contributed by atoms with van der Waals surface area (Å²) in [7, 11) is 0. The third-order valence-corrected chi connectivity index (χ3v) is 2.33. The summed E-state index contributed by atoms with van der Waals surface area (Å²) in [5.74, 6) is -3.45. The fourth-order valence-electron chi connectivity index (χ4n) is 1.42. The van der Waals surface area contributed by atoms with Crippen LogP contribution in [0.3, 0.4) is 0 Å². The summed E-state index contributed by atoms with van der Waals surface area (Å²) in [6.07, 6.45) is 1.80. The molecule has 0 saturated heterocycles. The lowest BCUT2D eigenvalue weighted by molar-refractivity contribution is 0.462. The largest absolute Gasteiger partial charge is 0.354 e. The van der Waals surface area contributed by atoms with E-state index in [0.717, 1.165) is 12.8 Å². The molecule has 0 spiro atoms. The van der Waals surface area contributed by atoms with Gasteiger partial charge in [0.05, 0.1) is 0 Å². The minimum atomic E-state index is -1.26. The van der Waals surface area contributed by atoms with Crippen molar-refractivity contribution in [2.24, 2.45) is 0 Å². The number of rotatable bonds is 5. The third-order valence-electron chi connectivity index (χ3n) is 2.33. The fraction of sp³-hybridized carbons (Fsp3) is 0.545. The number of aromatic nitrogens is 1. The quantitative estimate of drug-likeness (QED) is 0.725. The predicted molar refractivity (Wildman–Crippen MR) is 56.9 cm³/mol. The molecule has 0 aliphatic heterocycles. The molecule has 0 aromatic carbocycles. The summed E-state index contributed by atoms with van der Waals surface area (Å²) in [5.41, 5.74) is 0. The van der Waals surface area contributed by atoms with Crippen LogP contribution in [0.25, 0.3) is 0 Å². The summed E-state index contributed by atoms with van der Waals surface area (Å²) in [5, 5.41) is 0. The van der Waals surface area contributed by atoms with Gasteiger partial charge in [0.25, 0.3) is 5.95 Å². The van der Waals surface area contributed by atoms with Crippen LogP contribution >= 0.6 is 0 Å². The van der Waals surface area contributed by atoms with Crippen LogP contribution in [-0.2, 0) is 0 Å². The van der Waals surface area contributed by atoms with Gasteiger partial charge in [-0.05, 0) is 13.3 Å². The molecular formula is C11H15F3N2. The number of unbranched alkanes of at least 4 members (excludes halogenated alkanes) is 1. The number of halogens is 3. The van der Waals surface area contributed by atoms with Gasteiger partial charge in [-0.2, -0.15) is 9.37 Å². The van der Waals surface area contributed by atoms with Gasteiger partial charge in [0.1, 0.15) is 0 Å². The Morgan fingerprint density at radius 1 is 1.19 bits per heavy atom. The van der Waals surface area contributed by atoms with E-state index in [1.165, 1.54) is 0 Å². The minimum Gasteiger partial charge on any atom is -0.354 e. The molecule has 1 heterocycles. The predicted octanol–water partition coefficient (Wildman–Crippen LogP) is 3.13. The number of hydrogen-bond acceptors (Lipinski definition) is 2. The molecule has 16 heavy (non-hydrogen) atoms. The Morgan fingerprint density at radius 2 is 1.88 bits per heavy atom. The van der Waals surface area contributed by atoms with E-state index in [1.54, 1.807) is 4.90 Å². The average Bonchev–Trinajstić information content (AvgIpc) is 2.26. The first kappa shape index (κ1) is 12.8. The van der Waals surface area contributed by atoms with Crippen molar-refractivity contribution in [2.75, 3.05) is 18.0 Å². The summed E-state index contributed by atoms with van der Waals surface area (Å²) < 4.78 is 39.0. The van der Waals surface area contributed by atoms with Crippen molar-refractivity contribution >= 4 is 5.82 Å². The Labute approximate surface area is 93.1 Å². The second kappa shape index (κ2) is 5.72. The van der Waals surface area contributed by atoms with Gasteiger partial charge in [0.15, 0.2) is 17.5 Å². The molecule has 5 heteroatoms. The molecule has 0 bridgehead atoms. The highest BCUT2D eigenvalue weighted by molar-refractivity contribution is 5.39. The van der Waals surface area contributed by atoms with Crippen molar-refractivity contribution in [3.8, 4) is 0 Å². The normalized spacial score (nSPS) is 10.6. The van der Waals surface area contributed by atoms with Crippen LogP contribution in [0, 0.1) is 17.6 Å². The second-order valence-electron chi connectivity index (χ2n) is 3.50. The van der Waals surface area contributed by atoms with Crippen molar-refractivity contribution in [3.63, 3.8) is 0 Å². The van der Waals surface area contributed by atoms with E-state index in [4.69, 9.17) is 0 Å². The molecule has 0 aliphatic carbocycles. The Hall–Kier alpha value is -1.26. The summed E-state index contributed by atoms with van der Waals surface area (Å²) >= 11 is 0. The maximum Gasteiger partial charge on any atom is 0.251 e. The van der Waals surface area contributed by atoms with Crippen LogP contribution in [0.5, 0.6) is 0 Å². The van der Waals surface area contributed by atoms with Crippen molar-refractivity contribution < 1.29 is 13.2 Å². The zero-order valence-electron chi connectivity index (χ0n) is 9.43. The zero-order chi connectivity index (χ0) is 12.1. The van der Waals surface area contributed by atoms with Gasteiger partial charge in [-0.3, -0.25) is 0 Å². The zero-order valence-corrected chi connectivity index (χ0v) is 9.43. The average molecular weight is 232 g/mol. The molecular weight excluding hydrogens is 217 g/mol. The number of anilines is 1. The first-order valence-electron chi connectivity index (χ1n) is 5.36. The molecule has 0 atom stereocenters. The van der Waals surface area contributed by atoms with Crippen molar-refractivity contribution in [1.29, 1.82) is 0 Å². The minimum absolute atomic E-state index is 0.116. The highest BCUT2D eigenvalue weighted by Crippen LogP contribution is 2.19. The van der Waals surface area contributed by atoms with E-state index in [-0.39, 0.29) is 5.82 Å². The molecule has 0 amide bonds. The van der Waals surface area contributed by atoms with Crippen LogP contribution < -0.4 is 4.90 Å². The SMILES string of the molecule is CCCCN(CC)c1nc(F)c(F)cc1F. The standard InChI is InChI=1S/C11H15F3N2/c1-3-5-6-16(4-2)11-9(13)7-8(12)10(14)15-11/h7H,3-6H2,1-2H3.